The molecule has 6 nitrogen and oxygen atoms in total. The van der Waals surface area contributed by atoms with Crippen LogP contribution in [0.2, 0.25) is 10.0 Å². The summed E-state index contributed by atoms with van der Waals surface area (Å²) in [5.74, 6) is -0.808. The van der Waals surface area contributed by atoms with E-state index in [2.05, 4.69) is 66.4 Å². The summed E-state index contributed by atoms with van der Waals surface area (Å²) >= 11 is 19.9. The summed E-state index contributed by atoms with van der Waals surface area (Å²) in [4.78, 5) is 39.2. The fraction of sp³-hybridized carbons (Fsp3) is 0.0800. The average Bonchev–Trinajstić information content (AvgIpc) is 2.79. The number of carbonyl (C=O) groups is 3. The predicted octanol–water partition coefficient (Wildman–Crippen LogP) is 7.52. The number of ether oxygens (including phenoxy) is 1. The van der Waals surface area contributed by atoms with E-state index in [1.54, 1.807) is 48.5 Å². The predicted molar refractivity (Wildman–Crippen MR) is 161 cm³/mol. The van der Waals surface area contributed by atoms with Gasteiger partial charge < -0.3 is 4.74 Å². The van der Waals surface area contributed by atoms with Gasteiger partial charge in [-0.1, -0.05) is 45.2 Å². The molecule has 1 aliphatic heterocycles. The fourth-order valence-corrected chi connectivity index (χ4v) is 6.25. The highest BCUT2D eigenvalue weighted by Crippen LogP contribution is 2.32. The first-order valence-corrected chi connectivity index (χ1v) is 14.0. The van der Waals surface area contributed by atoms with Gasteiger partial charge in [0.05, 0.1) is 12.8 Å². The van der Waals surface area contributed by atoms with Crippen molar-refractivity contribution in [3.63, 3.8) is 0 Å². The number of hydrogen-bond donors (Lipinski definition) is 1. The topological polar surface area (TPSA) is 75.7 Å². The number of urea groups is 1. The van der Waals surface area contributed by atoms with Crippen molar-refractivity contribution in [2.45, 2.75) is 13.5 Å². The minimum Gasteiger partial charge on any atom is -0.487 e. The van der Waals surface area contributed by atoms with Crippen molar-refractivity contribution < 1.29 is 19.1 Å². The van der Waals surface area contributed by atoms with E-state index in [4.69, 9.17) is 27.9 Å². The molecule has 1 N–H and O–H groups in total. The third kappa shape index (κ3) is 5.90. The lowest BCUT2D eigenvalue weighted by molar-refractivity contribution is -0.122. The number of aryl methyl sites for hydroxylation is 1. The van der Waals surface area contributed by atoms with Gasteiger partial charge in [0.25, 0.3) is 11.8 Å². The minimum atomic E-state index is -0.794. The highest BCUT2D eigenvalue weighted by molar-refractivity contribution is 14.1. The van der Waals surface area contributed by atoms with Crippen LogP contribution in [0.4, 0.5) is 10.5 Å². The number of hydrogen-bond acceptors (Lipinski definition) is 4. The normalized spacial score (nSPS) is 14.9. The zero-order valence-corrected chi connectivity index (χ0v) is 25.8. The molecule has 3 aromatic carbocycles. The van der Waals surface area contributed by atoms with E-state index in [0.29, 0.717) is 27.0 Å². The number of nitrogens with zero attached hydrogens (tertiary/aromatic N) is 1. The van der Waals surface area contributed by atoms with Crippen molar-refractivity contribution in [3.05, 3.63) is 92.5 Å². The molecule has 0 atom stereocenters. The Morgan fingerprint density at radius 3 is 2.36 bits per heavy atom. The van der Waals surface area contributed by atoms with Gasteiger partial charge >= 0.3 is 6.03 Å². The molecule has 4 amide bonds. The second-order valence-corrected chi connectivity index (χ2v) is 11.8. The SMILES string of the molecule is Cc1cc(N2C(=O)NC(=O)/C(=C\c3cc(I)c(OCc4ccc(Cl)cc4Cl)c(I)c3)C2=O)ccc1Br. The van der Waals surface area contributed by atoms with E-state index in [1.165, 1.54) is 6.08 Å². The quantitative estimate of drug-likeness (QED) is 0.165. The summed E-state index contributed by atoms with van der Waals surface area (Å²) in [7, 11) is 0. The van der Waals surface area contributed by atoms with E-state index in [9.17, 15) is 14.4 Å². The number of anilines is 1. The van der Waals surface area contributed by atoms with Crippen LogP contribution in [-0.4, -0.2) is 17.8 Å². The first kappa shape index (κ1) is 27.4. The Hall–Kier alpha value is -1.67. The van der Waals surface area contributed by atoms with Crippen LogP contribution in [0.1, 0.15) is 16.7 Å². The van der Waals surface area contributed by atoms with Crippen LogP contribution in [0.25, 0.3) is 6.08 Å². The zero-order chi connectivity index (χ0) is 26.1. The second-order valence-electron chi connectivity index (χ2n) is 7.73. The average molecular weight is 812 g/mol. The Kier molecular flexibility index (Phi) is 8.65. The number of benzene rings is 3. The molecule has 4 rings (SSSR count). The van der Waals surface area contributed by atoms with Crippen LogP contribution in [-0.2, 0) is 16.2 Å². The van der Waals surface area contributed by atoms with Crippen molar-refractivity contribution in [2.24, 2.45) is 0 Å². The lowest BCUT2D eigenvalue weighted by Gasteiger charge is -2.26. The summed E-state index contributed by atoms with van der Waals surface area (Å²) in [6.07, 6.45) is 1.47. The number of barbiturate groups is 1. The highest BCUT2D eigenvalue weighted by atomic mass is 127. The third-order valence-corrected chi connectivity index (χ3v) is 8.30. The van der Waals surface area contributed by atoms with Crippen molar-refractivity contribution >= 4 is 114 Å². The Morgan fingerprint density at radius 1 is 1.03 bits per heavy atom. The van der Waals surface area contributed by atoms with E-state index in [0.717, 1.165) is 27.6 Å². The van der Waals surface area contributed by atoms with Crippen LogP contribution in [0.15, 0.2) is 58.6 Å². The van der Waals surface area contributed by atoms with E-state index in [-0.39, 0.29) is 12.2 Å². The van der Waals surface area contributed by atoms with Crippen LogP contribution in [0.5, 0.6) is 5.75 Å². The summed E-state index contributed by atoms with van der Waals surface area (Å²) in [6.45, 7) is 2.09. The molecule has 0 unspecified atom stereocenters. The maximum atomic E-state index is 13.2. The number of imide groups is 2. The molecular formula is C25H15BrCl2I2N2O4. The van der Waals surface area contributed by atoms with Crippen molar-refractivity contribution in [1.29, 1.82) is 0 Å². The lowest BCUT2D eigenvalue weighted by Crippen LogP contribution is -2.54. The Bertz CT molecular complexity index is 1440. The largest absolute Gasteiger partial charge is 0.487 e. The third-order valence-electron chi connectivity index (χ3n) is 5.22. The molecular weight excluding hydrogens is 797 g/mol. The fourth-order valence-electron chi connectivity index (χ4n) is 3.42. The van der Waals surface area contributed by atoms with Crippen LogP contribution in [0, 0.1) is 14.1 Å². The van der Waals surface area contributed by atoms with Gasteiger partial charge in [-0.25, -0.2) is 9.69 Å². The molecule has 0 aliphatic carbocycles. The van der Waals surface area contributed by atoms with Gasteiger partial charge in [-0.15, -0.1) is 0 Å². The van der Waals surface area contributed by atoms with Gasteiger partial charge in [0, 0.05) is 20.1 Å². The number of amides is 4. The molecule has 0 spiro atoms. The molecule has 1 fully saturated rings. The number of rotatable bonds is 5. The molecule has 3 aromatic rings. The molecule has 36 heavy (non-hydrogen) atoms. The summed E-state index contributed by atoms with van der Waals surface area (Å²) in [6, 6.07) is 13.1. The number of nitrogens with one attached hydrogen (secondary N) is 1. The van der Waals surface area contributed by atoms with Crippen molar-refractivity contribution in [2.75, 3.05) is 4.90 Å². The molecule has 0 saturated carbocycles. The van der Waals surface area contributed by atoms with Crippen LogP contribution >= 0.6 is 84.3 Å². The number of carbonyl (C=O) groups excluding carboxylic acids is 3. The van der Waals surface area contributed by atoms with Crippen LogP contribution in [0.3, 0.4) is 0 Å². The lowest BCUT2D eigenvalue weighted by atomic mass is 10.1. The van der Waals surface area contributed by atoms with E-state index >= 15 is 0 Å². The van der Waals surface area contributed by atoms with Gasteiger partial charge in [0.15, 0.2) is 0 Å². The molecule has 1 aliphatic rings. The summed E-state index contributed by atoms with van der Waals surface area (Å²) in [5.41, 5.74) is 2.46. The van der Waals surface area contributed by atoms with Gasteiger partial charge in [0.2, 0.25) is 0 Å². The molecule has 184 valence electrons. The van der Waals surface area contributed by atoms with Crippen LogP contribution < -0.4 is 15.0 Å². The van der Waals surface area contributed by atoms with Gasteiger partial charge in [-0.2, -0.15) is 0 Å². The first-order chi connectivity index (χ1) is 17.0. The monoisotopic (exact) mass is 810 g/mol. The van der Waals surface area contributed by atoms with Gasteiger partial charge in [-0.05, 0) is 112 Å². The smallest absolute Gasteiger partial charge is 0.335 e. The summed E-state index contributed by atoms with van der Waals surface area (Å²) in [5, 5.41) is 3.30. The van der Waals surface area contributed by atoms with E-state index in [1.807, 2.05) is 6.92 Å². The molecule has 1 heterocycles. The Morgan fingerprint density at radius 2 is 1.72 bits per heavy atom. The minimum absolute atomic E-state index is 0.150. The number of halogens is 5. The molecule has 11 heteroatoms. The maximum absolute atomic E-state index is 13.2. The maximum Gasteiger partial charge on any atom is 0.335 e. The van der Waals surface area contributed by atoms with Gasteiger partial charge in [0.1, 0.15) is 17.9 Å². The second kappa shape index (κ2) is 11.4. The van der Waals surface area contributed by atoms with E-state index < -0.39 is 17.8 Å². The van der Waals surface area contributed by atoms with Gasteiger partial charge in [-0.3, -0.25) is 14.9 Å². The molecule has 0 aromatic heterocycles. The standard InChI is InChI=1S/C25H15BrCl2I2N2O4/c1-12-6-16(4-5-18(12)26)32-24(34)17(23(33)31-25(32)35)7-13-8-20(29)22(21(30)9-13)36-11-14-2-3-15(27)10-19(14)28/h2-10H,11H2,1H3,(H,31,33,35)/b17-7+. The molecule has 0 radical (unpaired) electrons. The first-order valence-electron chi connectivity index (χ1n) is 10.3. The Labute approximate surface area is 252 Å². The summed E-state index contributed by atoms with van der Waals surface area (Å²) < 4.78 is 8.39. The Balaban J connectivity index is 1.61. The molecule has 1 saturated heterocycles. The zero-order valence-electron chi connectivity index (χ0n) is 18.4. The van der Waals surface area contributed by atoms with Crippen molar-refractivity contribution in [3.8, 4) is 5.75 Å². The molecule has 0 bridgehead atoms. The highest BCUT2D eigenvalue weighted by Gasteiger charge is 2.37. The van der Waals surface area contributed by atoms with Crippen molar-refractivity contribution in [1.82, 2.24) is 5.32 Å².